The monoisotopic (exact) mass is 394 g/mol. The Morgan fingerprint density at radius 3 is 2.79 bits per heavy atom. The van der Waals surface area contributed by atoms with Crippen molar-refractivity contribution in [2.45, 2.75) is 0 Å². The summed E-state index contributed by atoms with van der Waals surface area (Å²) < 4.78 is 9.13. The maximum Gasteiger partial charge on any atom is 0.194 e. The first-order chi connectivity index (χ1) is 11.8. The third-order valence-electron chi connectivity index (χ3n) is 4.01. The Balaban J connectivity index is 1.66. The summed E-state index contributed by atoms with van der Waals surface area (Å²) in [7, 11) is 0. The summed E-state index contributed by atoms with van der Waals surface area (Å²) >= 11 is 5.13. The molecular formula is C19H11BrN2OS. The number of rotatable bonds is 2. The zero-order chi connectivity index (χ0) is 16.1. The summed E-state index contributed by atoms with van der Waals surface area (Å²) in [5, 5.41) is 3.20. The number of halogens is 1. The molecule has 0 saturated heterocycles. The highest BCUT2D eigenvalue weighted by Crippen LogP contribution is 2.32. The number of imidazole rings is 1. The Kier molecular flexibility index (Phi) is 3.11. The molecule has 3 nitrogen and oxygen atoms in total. The number of nitrogens with zero attached hydrogens (tertiary/aromatic N) is 2. The first kappa shape index (κ1) is 14.0. The lowest BCUT2D eigenvalue weighted by Crippen LogP contribution is -1.82. The molecule has 5 heteroatoms. The molecule has 0 unspecified atom stereocenters. The molecule has 5 aromatic rings. The molecule has 3 aromatic heterocycles. The van der Waals surface area contributed by atoms with E-state index in [1.54, 1.807) is 11.3 Å². The fourth-order valence-electron chi connectivity index (χ4n) is 2.86. The van der Waals surface area contributed by atoms with Crippen LogP contribution in [0.2, 0.25) is 0 Å². The average Bonchev–Trinajstić information content (AvgIpc) is 3.28. The smallest absolute Gasteiger partial charge is 0.194 e. The number of furan rings is 1. The number of thiazole rings is 1. The summed E-state index contributed by atoms with van der Waals surface area (Å²) in [6.07, 6.45) is 2.04. The van der Waals surface area contributed by atoms with E-state index in [0.717, 1.165) is 37.6 Å². The number of benzene rings is 2. The summed E-state index contributed by atoms with van der Waals surface area (Å²) in [5.41, 5.74) is 4.05. The maximum atomic E-state index is 5.96. The van der Waals surface area contributed by atoms with Crippen molar-refractivity contribution >= 4 is 43.2 Å². The Labute approximate surface area is 150 Å². The summed E-state index contributed by atoms with van der Waals surface area (Å²) in [6.45, 7) is 0. The predicted octanol–water partition coefficient (Wildman–Crippen LogP) is 6.24. The van der Waals surface area contributed by atoms with E-state index in [0.29, 0.717) is 0 Å². The third-order valence-corrected chi connectivity index (χ3v) is 5.34. The second-order valence-electron chi connectivity index (χ2n) is 5.56. The van der Waals surface area contributed by atoms with Crippen LogP contribution in [0.3, 0.4) is 0 Å². The van der Waals surface area contributed by atoms with Crippen LogP contribution in [0.1, 0.15) is 0 Å². The van der Waals surface area contributed by atoms with E-state index < -0.39 is 0 Å². The molecule has 0 bridgehead atoms. The largest absolute Gasteiger partial charge is 0.454 e. The molecule has 3 heterocycles. The second-order valence-corrected chi connectivity index (χ2v) is 7.31. The van der Waals surface area contributed by atoms with Crippen LogP contribution in [-0.2, 0) is 0 Å². The maximum absolute atomic E-state index is 5.96. The number of hydrogen-bond donors (Lipinski definition) is 0. The molecule has 116 valence electrons. The lowest BCUT2D eigenvalue weighted by Gasteiger charge is -1.98. The van der Waals surface area contributed by atoms with Gasteiger partial charge in [-0.3, -0.25) is 4.40 Å². The Morgan fingerprint density at radius 1 is 1.04 bits per heavy atom. The van der Waals surface area contributed by atoms with Gasteiger partial charge in [-0.05, 0) is 29.8 Å². The van der Waals surface area contributed by atoms with Gasteiger partial charge < -0.3 is 4.42 Å². The number of aromatic nitrogens is 2. The third kappa shape index (κ3) is 2.20. The van der Waals surface area contributed by atoms with E-state index >= 15 is 0 Å². The molecule has 0 aliphatic rings. The molecule has 24 heavy (non-hydrogen) atoms. The molecule has 0 fully saturated rings. The fourth-order valence-corrected chi connectivity index (χ4v) is 4.12. The normalized spacial score (nSPS) is 11.5. The Bertz CT molecular complexity index is 1170. The zero-order valence-electron chi connectivity index (χ0n) is 12.4. The second kappa shape index (κ2) is 5.33. The quantitative estimate of drug-likeness (QED) is 0.354. The van der Waals surface area contributed by atoms with Gasteiger partial charge in [0.2, 0.25) is 0 Å². The molecule has 2 aromatic carbocycles. The van der Waals surface area contributed by atoms with E-state index in [1.165, 1.54) is 5.56 Å². The molecule has 0 aliphatic carbocycles. The first-order valence-corrected chi connectivity index (χ1v) is 9.17. The van der Waals surface area contributed by atoms with Crippen molar-refractivity contribution in [3.05, 3.63) is 70.6 Å². The van der Waals surface area contributed by atoms with Crippen LogP contribution in [0.4, 0.5) is 0 Å². The minimum Gasteiger partial charge on any atom is -0.454 e. The van der Waals surface area contributed by atoms with Gasteiger partial charge in [0.1, 0.15) is 11.3 Å². The van der Waals surface area contributed by atoms with E-state index in [-0.39, 0.29) is 0 Å². The molecule has 0 atom stereocenters. The minimum absolute atomic E-state index is 0.790. The van der Waals surface area contributed by atoms with Gasteiger partial charge in [0.15, 0.2) is 10.7 Å². The molecule has 0 aliphatic heterocycles. The van der Waals surface area contributed by atoms with Crippen molar-refractivity contribution in [2.75, 3.05) is 0 Å². The zero-order valence-corrected chi connectivity index (χ0v) is 14.8. The van der Waals surface area contributed by atoms with E-state index in [2.05, 4.69) is 43.9 Å². The summed E-state index contributed by atoms with van der Waals surface area (Å²) in [6, 6.07) is 18.4. The van der Waals surface area contributed by atoms with Gasteiger partial charge >= 0.3 is 0 Å². The highest BCUT2D eigenvalue weighted by molar-refractivity contribution is 9.10. The molecule has 0 spiro atoms. The van der Waals surface area contributed by atoms with Crippen LogP contribution in [0.25, 0.3) is 38.6 Å². The van der Waals surface area contributed by atoms with Gasteiger partial charge in [-0.15, -0.1) is 11.3 Å². The van der Waals surface area contributed by atoms with Crippen LogP contribution in [0.15, 0.2) is 75.1 Å². The van der Waals surface area contributed by atoms with Gasteiger partial charge in [0.05, 0.1) is 5.69 Å². The highest BCUT2D eigenvalue weighted by Gasteiger charge is 2.14. The van der Waals surface area contributed by atoms with Gasteiger partial charge in [-0.2, -0.15) is 0 Å². The van der Waals surface area contributed by atoms with Crippen molar-refractivity contribution in [1.82, 2.24) is 9.38 Å². The molecule has 0 N–H and O–H groups in total. The number of hydrogen-bond acceptors (Lipinski definition) is 3. The fraction of sp³-hybridized carbons (Fsp3) is 0. The number of fused-ring (bicyclic) bond motifs is 2. The molecule has 0 radical (unpaired) electrons. The van der Waals surface area contributed by atoms with Gasteiger partial charge in [0, 0.05) is 21.4 Å². The van der Waals surface area contributed by atoms with Gasteiger partial charge in [0.25, 0.3) is 0 Å². The predicted molar refractivity (Wildman–Crippen MR) is 101 cm³/mol. The molecule has 5 rings (SSSR count). The van der Waals surface area contributed by atoms with Crippen molar-refractivity contribution in [2.24, 2.45) is 0 Å². The Hall–Kier alpha value is -2.37. The van der Waals surface area contributed by atoms with Crippen LogP contribution in [0.5, 0.6) is 0 Å². The van der Waals surface area contributed by atoms with Crippen LogP contribution in [0, 0.1) is 0 Å². The lowest BCUT2D eigenvalue weighted by atomic mass is 10.2. The minimum atomic E-state index is 0.790. The molecule has 0 amide bonds. The van der Waals surface area contributed by atoms with E-state index in [9.17, 15) is 0 Å². The van der Waals surface area contributed by atoms with E-state index in [4.69, 9.17) is 9.40 Å². The average molecular weight is 395 g/mol. The lowest BCUT2D eigenvalue weighted by molar-refractivity contribution is 0.629. The van der Waals surface area contributed by atoms with Gasteiger partial charge in [-0.25, -0.2) is 4.98 Å². The van der Waals surface area contributed by atoms with E-state index in [1.807, 2.05) is 42.6 Å². The van der Waals surface area contributed by atoms with Crippen LogP contribution in [-0.4, -0.2) is 9.38 Å². The Morgan fingerprint density at radius 2 is 1.92 bits per heavy atom. The van der Waals surface area contributed by atoms with Crippen molar-refractivity contribution in [1.29, 1.82) is 0 Å². The van der Waals surface area contributed by atoms with Crippen molar-refractivity contribution < 1.29 is 4.42 Å². The summed E-state index contributed by atoms with van der Waals surface area (Å²) in [4.78, 5) is 5.69. The first-order valence-electron chi connectivity index (χ1n) is 7.49. The SMILES string of the molecule is Brc1ccc2oc(-c3cn4c(-c5ccccc5)csc4n3)cc2c1. The van der Waals surface area contributed by atoms with Crippen LogP contribution >= 0.6 is 27.3 Å². The standard InChI is InChI=1S/C19H11BrN2OS/c20-14-6-7-17-13(8-14)9-18(23-17)15-10-22-16(11-24-19(22)21-15)12-4-2-1-3-5-12/h1-11H. The highest BCUT2D eigenvalue weighted by atomic mass is 79.9. The van der Waals surface area contributed by atoms with Crippen molar-refractivity contribution in [3.63, 3.8) is 0 Å². The molecular weight excluding hydrogens is 384 g/mol. The van der Waals surface area contributed by atoms with Crippen molar-refractivity contribution in [3.8, 4) is 22.7 Å². The van der Waals surface area contributed by atoms with Crippen LogP contribution < -0.4 is 0 Å². The topological polar surface area (TPSA) is 30.4 Å². The summed E-state index contributed by atoms with van der Waals surface area (Å²) in [5.74, 6) is 0.790. The molecule has 0 saturated carbocycles. The van der Waals surface area contributed by atoms with Gasteiger partial charge in [-0.1, -0.05) is 46.3 Å².